The first kappa shape index (κ1) is 13.9. The van der Waals surface area contributed by atoms with E-state index in [0.29, 0.717) is 12.1 Å². The molecule has 1 aliphatic rings. The Bertz CT molecular complexity index is 169. The third kappa shape index (κ3) is 5.83. The molecule has 3 unspecified atom stereocenters. The van der Waals surface area contributed by atoms with Crippen molar-refractivity contribution in [2.24, 2.45) is 0 Å². The molecule has 0 spiro atoms. The summed E-state index contributed by atoms with van der Waals surface area (Å²) in [6, 6.07) is 1.26. The van der Waals surface area contributed by atoms with Crippen molar-refractivity contribution >= 4 is 0 Å². The summed E-state index contributed by atoms with van der Waals surface area (Å²) in [5, 5.41) is 16.5. The summed E-state index contributed by atoms with van der Waals surface area (Å²) in [5.41, 5.74) is 0. The van der Waals surface area contributed by atoms with Crippen LogP contribution in [-0.4, -0.2) is 36.4 Å². The van der Waals surface area contributed by atoms with Crippen molar-refractivity contribution in [3.63, 3.8) is 0 Å². The van der Waals surface area contributed by atoms with E-state index in [-0.39, 0.29) is 6.10 Å². The van der Waals surface area contributed by atoms with Crippen LogP contribution < -0.4 is 10.6 Å². The smallest absolute Gasteiger partial charge is 0.0549 e. The Hall–Kier alpha value is -0.120. The fraction of sp³-hybridized carbons (Fsp3) is 1.00. The highest BCUT2D eigenvalue weighted by atomic mass is 16.3. The highest BCUT2D eigenvalue weighted by Crippen LogP contribution is 2.11. The van der Waals surface area contributed by atoms with Gasteiger partial charge in [-0.1, -0.05) is 13.3 Å². The Kier molecular flexibility index (Phi) is 7.01. The topological polar surface area (TPSA) is 44.3 Å². The Balaban J connectivity index is 2.03. The highest BCUT2D eigenvalue weighted by molar-refractivity contribution is 4.77. The fourth-order valence-corrected chi connectivity index (χ4v) is 2.34. The average Bonchev–Trinajstić information content (AvgIpc) is 2.30. The van der Waals surface area contributed by atoms with Crippen LogP contribution in [-0.2, 0) is 0 Å². The van der Waals surface area contributed by atoms with Gasteiger partial charge in [0.15, 0.2) is 0 Å². The van der Waals surface area contributed by atoms with E-state index in [1.54, 1.807) is 0 Å². The van der Waals surface area contributed by atoms with E-state index in [4.69, 9.17) is 0 Å². The molecule has 96 valence electrons. The second-order valence-corrected chi connectivity index (χ2v) is 5.09. The molecule has 0 amide bonds. The summed E-state index contributed by atoms with van der Waals surface area (Å²) >= 11 is 0. The van der Waals surface area contributed by atoms with Crippen LogP contribution in [0, 0.1) is 0 Å². The van der Waals surface area contributed by atoms with Gasteiger partial charge in [-0.2, -0.15) is 0 Å². The zero-order valence-corrected chi connectivity index (χ0v) is 10.8. The standard InChI is InChI=1S/C13H28N2O/c1-3-13(16)7-9-14-11(2)10-12-6-4-5-8-15-12/h11-16H,3-10H2,1-2H3. The molecule has 16 heavy (non-hydrogen) atoms. The Morgan fingerprint density at radius 3 is 2.88 bits per heavy atom. The van der Waals surface area contributed by atoms with E-state index in [9.17, 15) is 5.11 Å². The van der Waals surface area contributed by atoms with Crippen LogP contribution in [0.25, 0.3) is 0 Å². The van der Waals surface area contributed by atoms with Crippen molar-refractivity contribution < 1.29 is 5.11 Å². The average molecular weight is 228 g/mol. The van der Waals surface area contributed by atoms with E-state index in [0.717, 1.165) is 19.4 Å². The Morgan fingerprint density at radius 2 is 2.25 bits per heavy atom. The molecule has 1 aliphatic heterocycles. The number of aliphatic hydroxyl groups is 1. The molecule has 3 nitrogen and oxygen atoms in total. The summed E-state index contributed by atoms with van der Waals surface area (Å²) in [7, 11) is 0. The predicted molar refractivity (Wildman–Crippen MR) is 68.6 cm³/mol. The Morgan fingerprint density at radius 1 is 1.44 bits per heavy atom. The lowest BCUT2D eigenvalue weighted by Gasteiger charge is -2.26. The molecule has 1 saturated heterocycles. The van der Waals surface area contributed by atoms with E-state index in [1.165, 1.54) is 32.2 Å². The zero-order chi connectivity index (χ0) is 11.8. The van der Waals surface area contributed by atoms with Gasteiger partial charge < -0.3 is 15.7 Å². The number of hydrogen-bond donors (Lipinski definition) is 3. The van der Waals surface area contributed by atoms with Gasteiger partial charge in [0.25, 0.3) is 0 Å². The maximum atomic E-state index is 9.44. The van der Waals surface area contributed by atoms with Gasteiger partial charge in [-0.05, 0) is 52.1 Å². The first-order valence-corrected chi connectivity index (χ1v) is 6.87. The molecule has 0 bridgehead atoms. The third-order valence-electron chi connectivity index (χ3n) is 3.49. The second-order valence-electron chi connectivity index (χ2n) is 5.09. The maximum Gasteiger partial charge on any atom is 0.0549 e. The van der Waals surface area contributed by atoms with Crippen LogP contribution in [0.1, 0.15) is 52.4 Å². The molecule has 1 rings (SSSR count). The lowest BCUT2D eigenvalue weighted by Crippen LogP contribution is -2.40. The van der Waals surface area contributed by atoms with Gasteiger partial charge in [0.1, 0.15) is 0 Å². The number of piperidine rings is 1. The van der Waals surface area contributed by atoms with Gasteiger partial charge in [-0.15, -0.1) is 0 Å². The molecule has 1 fully saturated rings. The summed E-state index contributed by atoms with van der Waals surface area (Å²) in [4.78, 5) is 0. The molecule has 1 heterocycles. The van der Waals surface area contributed by atoms with E-state index >= 15 is 0 Å². The van der Waals surface area contributed by atoms with E-state index < -0.39 is 0 Å². The van der Waals surface area contributed by atoms with Gasteiger partial charge >= 0.3 is 0 Å². The molecule has 0 aliphatic carbocycles. The lowest BCUT2D eigenvalue weighted by molar-refractivity contribution is 0.158. The molecular formula is C13H28N2O. The highest BCUT2D eigenvalue weighted by Gasteiger charge is 2.15. The summed E-state index contributed by atoms with van der Waals surface area (Å²) < 4.78 is 0. The minimum Gasteiger partial charge on any atom is -0.393 e. The van der Waals surface area contributed by atoms with Crippen molar-refractivity contribution in [3.8, 4) is 0 Å². The van der Waals surface area contributed by atoms with Crippen LogP contribution in [0.5, 0.6) is 0 Å². The molecule has 0 saturated carbocycles. The normalized spacial score (nSPS) is 25.3. The molecule has 3 atom stereocenters. The van der Waals surface area contributed by atoms with Crippen LogP contribution >= 0.6 is 0 Å². The molecular weight excluding hydrogens is 200 g/mol. The Labute approximate surface area is 100 Å². The molecule has 0 aromatic carbocycles. The van der Waals surface area contributed by atoms with Crippen molar-refractivity contribution in [2.75, 3.05) is 13.1 Å². The second kappa shape index (κ2) is 8.04. The third-order valence-corrected chi connectivity index (χ3v) is 3.49. The van der Waals surface area contributed by atoms with Gasteiger partial charge in [-0.25, -0.2) is 0 Å². The first-order chi connectivity index (χ1) is 7.72. The van der Waals surface area contributed by atoms with Crippen molar-refractivity contribution in [2.45, 2.75) is 70.6 Å². The van der Waals surface area contributed by atoms with Gasteiger partial charge in [0.2, 0.25) is 0 Å². The van der Waals surface area contributed by atoms with Crippen LogP contribution in [0.15, 0.2) is 0 Å². The van der Waals surface area contributed by atoms with E-state index in [1.807, 2.05) is 6.92 Å². The fourth-order valence-electron chi connectivity index (χ4n) is 2.34. The lowest BCUT2D eigenvalue weighted by atomic mass is 9.99. The van der Waals surface area contributed by atoms with Crippen molar-refractivity contribution in [3.05, 3.63) is 0 Å². The summed E-state index contributed by atoms with van der Waals surface area (Å²) in [5.74, 6) is 0. The monoisotopic (exact) mass is 228 g/mol. The van der Waals surface area contributed by atoms with Gasteiger partial charge in [0, 0.05) is 12.1 Å². The van der Waals surface area contributed by atoms with Crippen LogP contribution in [0.4, 0.5) is 0 Å². The number of aliphatic hydroxyl groups excluding tert-OH is 1. The van der Waals surface area contributed by atoms with Gasteiger partial charge in [0.05, 0.1) is 6.10 Å². The number of rotatable bonds is 7. The van der Waals surface area contributed by atoms with Crippen molar-refractivity contribution in [1.29, 1.82) is 0 Å². The first-order valence-electron chi connectivity index (χ1n) is 6.87. The molecule has 0 aromatic heterocycles. The minimum absolute atomic E-state index is 0.132. The maximum absolute atomic E-state index is 9.44. The van der Waals surface area contributed by atoms with Crippen LogP contribution in [0.2, 0.25) is 0 Å². The van der Waals surface area contributed by atoms with Crippen LogP contribution in [0.3, 0.4) is 0 Å². The molecule has 3 N–H and O–H groups in total. The minimum atomic E-state index is -0.132. The predicted octanol–water partition coefficient (Wildman–Crippen LogP) is 1.66. The SMILES string of the molecule is CCC(O)CCNC(C)CC1CCCCN1. The summed E-state index contributed by atoms with van der Waals surface area (Å²) in [6.07, 6.45) is 6.85. The largest absolute Gasteiger partial charge is 0.393 e. The summed E-state index contributed by atoms with van der Waals surface area (Å²) in [6.45, 7) is 6.39. The zero-order valence-electron chi connectivity index (χ0n) is 10.8. The number of hydrogen-bond acceptors (Lipinski definition) is 3. The molecule has 0 aromatic rings. The number of nitrogens with one attached hydrogen (secondary N) is 2. The van der Waals surface area contributed by atoms with Gasteiger partial charge in [-0.3, -0.25) is 0 Å². The molecule has 0 radical (unpaired) electrons. The van der Waals surface area contributed by atoms with E-state index in [2.05, 4.69) is 17.6 Å². The van der Waals surface area contributed by atoms with Crippen molar-refractivity contribution in [1.82, 2.24) is 10.6 Å². The molecule has 3 heteroatoms. The quantitative estimate of drug-likeness (QED) is 0.621.